The summed E-state index contributed by atoms with van der Waals surface area (Å²) in [6.07, 6.45) is 0.650. The third kappa shape index (κ3) is 3.70. The van der Waals surface area contributed by atoms with Gasteiger partial charge in [0.05, 0.1) is 0 Å². The molecule has 0 aliphatic heterocycles. The van der Waals surface area contributed by atoms with Gasteiger partial charge in [0.25, 0.3) is 5.56 Å². The summed E-state index contributed by atoms with van der Waals surface area (Å²) >= 11 is 1.27. The van der Waals surface area contributed by atoms with Crippen molar-refractivity contribution in [3.63, 3.8) is 0 Å². The Morgan fingerprint density at radius 3 is 2.55 bits per heavy atom. The van der Waals surface area contributed by atoms with Gasteiger partial charge in [0.15, 0.2) is 0 Å². The highest BCUT2D eigenvalue weighted by molar-refractivity contribution is 7.99. The number of nitrogens with one attached hydrogen (secondary N) is 1. The smallest absolute Gasteiger partial charge is 0.316 e. The van der Waals surface area contributed by atoms with Gasteiger partial charge >= 0.3 is 5.91 Å². The second-order valence-electron chi connectivity index (χ2n) is 4.36. The average Bonchev–Trinajstić information content (AvgIpc) is 2.49. The number of nitrogens with zero attached hydrogens (tertiary/aromatic N) is 2. The van der Waals surface area contributed by atoms with Gasteiger partial charge < -0.3 is 11.5 Å². The van der Waals surface area contributed by atoms with Gasteiger partial charge in [-0.2, -0.15) is 4.98 Å². The number of nitroso groups, excluding NO2 is 1. The van der Waals surface area contributed by atoms with Gasteiger partial charge in [-0.3, -0.25) is 14.6 Å². The van der Waals surface area contributed by atoms with Crippen molar-refractivity contribution in [1.82, 2.24) is 9.97 Å². The Kier molecular flexibility index (Phi) is 4.89. The van der Waals surface area contributed by atoms with Gasteiger partial charge in [0.1, 0.15) is 10.7 Å². The topological polar surface area (TPSA) is 144 Å². The molecule has 0 fully saturated rings. The van der Waals surface area contributed by atoms with Gasteiger partial charge in [-0.25, -0.2) is 0 Å². The van der Waals surface area contributed by atoms with Crippen molar-refractivity contribution in [2.75, 3.05) is 17.2 Å². The van der Waals surface area contributed by atoms with Crippen LogP contribution in [0, 0.1) is 4.91 Å². The summed E-state index contributed by atoms with van der Waals surface area (Å²) in [5.74, 6) is -0.119. The van der Waals surface area contributed by atoms with E-state index in [1.807, 2.05) is 0 Å². The van der Waals surface area contributed by atoms with E-state index in [1.54, 1.807) is 12.1 Å². The second kappa shape index (κ2) is 6.85. The van der Waals surface area contributed by atoms with E-state index in [4.69, 9.17) is 11.5 Å². The van der Waals surface area contributed by atoms with Gasteiger partial charge in [0.2, 0.25) is 5.95 Å². The highest BCUT2D eigenvalue weighted by Crippen LogP contribution is 2.20. The van der Waals surface area contributed by atoms with E-state index in [0.717, 1.165) is 5.56 Å². The lowest BCUT2D eigenvalue weighted by atomic mass is 10.1. The number of carbonyl (C=O) groups excluding carboxylic acids is 1. The van der Waals surface area contributed by atoms with Gasteiger partial charge in [-0.1, -0.05) is 12.1 Å². The molecule has 5 N–H and O–H groups in total. The van der Waals surface area contributed by atoms with Crippen molar-refractivity contribution in [2.45, 2.75) is 11.3 Å². The minimum atomic E-state index is -0.798. The molecule has 0 saturated carbocycles. The molecule has 0 aliphatic rings. The molecule has 8 nitrogen and oxygen atoms in total. The Hall–Kier alpha value is -2.68. The Morgan fingerprint density at radius 1 is 1.27 bits per heavy atom. The molecule has 0 saturated heterocycles. The number of carbonyl (C=O) groups is 1. The van der Waals surface area contributed by atoms with E-state index >= 15 is 0 Å². The largest absolute Gasteiger partial charge is 0.382 e. The van der Waals surface area contributed by atoms with E-state index in [0.29, 0.717) is 17.1 Å². The molecule has 0 unspecified atom stereocenters. The number of nitrogens with two attached hydrogens (primary N) is 2. The maximum Gasteiger partial charge on any atom is 0.316 e. The molecular weight excluding hydrogens is 306 g/mol. The summed E-state index contributed by atoms with van der Waals surface area (Å²) in [4.78, 5) is 39.4. The predicted molar refractivity (Wildman–Crippen MR) is 84.7 cm³/mol. The Bertz CT molecular complexity index is 757. The van der Waals surface area contributed by atoms with Crippen LogP contribution >= 0.6 is 11.8 Å². The van der Waals surface area contributed by atoms with Crippen LogP contribution < -0.4 is 17.0 Å². The van der Waals surface area contributed by atoms with E-state index in [9.17, 15) is 14.5 Å². The fourth-order valence-corrected chi connectivity index (χ4v) is 2.69. The van der Waals surface area contributed by atoms with Crippen LogP contribution in [-0.4, -0.2) is 21.6 Å². The molecule has 1 aromatic carbocycles. The van der Waals surface area contributed by atoms with E-state index in [-0.39, 0.29) is 22.9 Å². The molecule has 0 bridgehead atoms. The first-order valence-electron chi connectivity index (χ1n) is 6.26. The maximum absolute atomic E-state index is 11.7. The molecule has 0 aliphatic carbocycles. The maximum atomic E-state index is 11.7. The van der Waals surface area contributed by atoms with Crippen LogP contribution in [0.15, 0.2) is 39.1 Å². The number of hydrogen-bond acceptors (Lipinski definition) is 7. The standard InChI is InChI=1S/C13H13N5O3S/c14-10-9(12(20)17-13(15)16-10)22-6-5-7-1-3-8(4-2-7)11(19)18-21/h1-4H,5-6H2,(H5,14,15,16,17,20). The number of nitrogen functional groups attached to an aromatic ring is 2. The third-order valence-corrected chi connectivity index (χ3v) is 3.93. The lowest BCUT2D eigenvalue weighted by molar-refractivity contribution is 0.100. The van der Waals surface area contributed by atoms with Crippen molar-refractivity contribution in [2.24, 2.45) is 5.18 Å². The summed E-state index contributed by atoms with van der Waals surface area (Å²) in [5.41, 5.74) is 11.9. The van der Waals surface area contributed by atoms with Crippen molar-refractivity contribution < 1.29 is 4.79 Å². The Balaban J connectivity index is 1.98. The first-order valence-corrected chi connectivity index (χ1v) is 7.24. The minimum Gasteiger partial charge on any atom is -0.382 e. The van der Waals surface area contributed by atoms with Crippen LogP contribution in [0.3, 0.4) is 0 Å². The summed E-state index contributed by atoms with van der Waals surface area (Å²) in [6.45, 7) is 0. The first-order chi connectivity index (χ1) is 10.5. The summed E-state index contributed by atoms with van der Waals surface area (Å²) in [7, 11) is 0. The van der Waals surface area contributed by atoms with Crippen molar-refractivity contribution >= 4 is 29.4 Å². The number of aromatic nitrogens is 2. The van der Waals surface area contributed by atoms with E-state index < -0.39 is 5.91 Å². The Morgan fingerprint density at radius 2 is 1.95 bits per heavy atom. The molecule has 2 aromatic rings. The number of anilines is 2. The normalized spacial score (nSPS) is 10.4. The molecule has 0 spiro atoms. The number of amides is 1. The first kappa shape index (κ1) is 15.7. The molecule has 1 amide bonds. The summed E-state index contributed by atoms with van der Waals surface area (Å²) < 4.78 is 0. The van der Waals surface area contributed by atoms with E-state index in [1.165, 1.54) is 23.9 Å². The monoisotopic (exact) mass is 319 g/mol. The summed E-state index contributed by atoms with van der Waals surface area (Å²) in [5, 5.41) is 2.35. The highest BCUT2D eigenvalue weighted by Gasteiger charge is 2.09. The highest BCUT2D eigenvalue weighted by atomic mass is 32.2. The zero-order valence-corrected chi connectivity index (χ0v) is 12.2. The van der Waals surface area contributed by atoms with Crippen LogP contribution in [0.25, 0.3) is 0 Å². The molecular formula is C13H13N5O3S. The lowest BCUT2D eigenvalue weighted by Gasteiger charge is -2.05. The Labute approximate surface area is 129 Å². The van der Waals surface area contributed by atoms with Crippen molar-refractivity contribution in [3.8, 4) is 0 Å². The van der Waals surface area contributed by atoms with Crippen LogP contribution in [0.2, 0.25) is 0 Å². The fraction of sp³-hybridized carbons (Fsp3) is 0.154. The van der Waals surface area contributed by atoms with Crippen LogP contribution in [0.4, 0.5) is 11.8 Å². The third-order valence-electron chi connectivity index (χ3n) is 2.84. The summed E-state index contributed by atoms with van der Waals surface area (Å²) in [6, 6.07) is 6.53. The number of H-pyrrole nitrogens is 1. The van der Waals surface area contributed by atoms with Gasteiger partial charge in [-0.05, 0) is 24.1 Å². The molecule has 1 aromatic heterocycles. The minimum absolute atomic E-state index is 0.0177. The second-order valence-corrected chi connectivity index (χ2v) is 5.46. The number of thioether (sulfide) groups is 1. The molecule has 1 heterocycles. The molecule has 9 heteroatoms. The SMILES string of the molecule is Nc1nc(N)c(SCCc2ccc(C(=O)N=O)cc2)c(=O)[nH]1. The zero-order valence-electron chi connectivity index (χ0n) is 11.4. The van der Waals surface area contributed by atoms with Gasteiger partial charge in [0, 0.05) is 16.5 Å². The molecule has 22 heavy (non-hydrogen) atoms. The number of aromatic amines is 1. The average molecular weight is 319 g/mol. The molecule has 2 rings (SSSR count). The van der Waals surface area contributed by atoms with Crippen molar-refractivity contribution in [1.29, 1.82) is 0 Å². The van der Waals surface area contributed by atoms with Gasteiger partial charge in [-0.15, -0.1) is 16.7 Å². The molecule has 114 valence electrons. The quantitative estimate of drug-likeness (QED) is 0.554. The number of benzene rings is 1. The molecule has 0 atom stereocenters. The van der Waals surface area contributed by atoms with Crippen LogP contribution in [0.5, 0.6) is 0 Å². The number of aryl methyl sites for hydroxylation is 1. The fourth-order valence-electron chi connectivity index (χ4n) is 1.78. The zero-order chi connectivity index (χ0) is 16.1. The number of rotatable bonds is 5. The number of hydrogen-bond donors (Lipinski definition) is 3. The molecule has 0 radical (unpaired) electrons. The van der Waals surface area contributed by atoms with Crippen LogP contribution in [0.1, 0.15) is 15.9 Å². The van der Waals surface area contributed by atoms with E-state index in [2.05, 4.69) is 15.1 Å². The lowest BCUT2D eigenvalue weighted by Crippen LogP contribution is -2.16. The predicted octanol–water partition coefficient (Wildman–Crippen LogP) is 1.18. The van der Waals surface area contributed by atoms with Crippen molar-refractivity contribution in [3.05, 3.63) is 50.7 Å². The van der Waals surface area contributed by atoms with Crippen LogP contribution in [-0.2, 0) is 6.42 Å².